The summed E-state index contributed by atoms with van der Waals surface area (Å²) in [5.74, 6) is 0. The van der Waals surface area contributed by atoms with Gasteiger partial charge in [-0.15, -0.1) is 21.5 Å². The molecule has 0 amide bonds. The monoisotopic (exact) mass is 395 g/mol. The van der Waals surface area contributed by atoms with Crippen LogP contribution in [0.4, 0.5) is 0 Å². The van der Waals surface area contributed by atoms with Crippen LogP contribution in [0.2, 0.25) is 0 Å². The van der Waals surface area contributed by atoms with Crippen molar-refractivity contribution in [3.63, 3.8) is 0 Å². The van der Waals surface area contributed by atoms with Crippen LogP contribution in [0.15, 0.2) is 14.3 Å². The van der Waals surface area contributed by atoms with Crippen LogP contribution in [0.25, 0.3) is 9.88 Å². The van der Waals surface area contributed by atoms with Crippen LogP contribution in [0, 0.1) is 0 Å². The van der Waals surface area contributed by atoms with Crippen molar-refractivity contribution in [2.75, 3.05) is 13.1 Å². The molecule has 2 aromatic heterocycles. The quantitative estimate of drug-likeness (QED) is 0.777. The Morgan fingerprint density at radius 1 is 1.29 bits per heavy atom. The molecule has 0 aliphatic heterocycles. The minimum Gasteiger partial charge on any atom is -0.317 e. The fourth-order valence-electron chi connectivity index (χ4n) is 1.28. The highest BCUT2D eigenvalue weighted by atomic mass is 79.9. The zero-order valence-electron chi connectivity index (χ0n) is 9.17. The van der Waals surface area contributed by atoms with Crippen molar-refractivity contribution in [2.24, 2.45) is 0 Å². The smallest absolute Gasteiger partial charge is 0.157 e. The molecule has 0 atom stereocenters. The van der Waals surface area contributed by atoms with E-state index in [1.54, 1.807) is 22.7 Å². The summed E-state index contributed by atoms with van der Waals surface area (Å²) in [7, 11) is 0. The van der Waals surface area contributed by atoms with E-state index in [2.05, 4.69) is 60.4 Å². The second-order valence-corrected chi connectivity index (χ2v) is 7.62. The van der Waals surface area contributed by atoms with E-state index in [9.17, 15) is 0 Å². The largest absolute Gasteiger partial charge is 0.317 e. The second kappa shape index (κ2) is 6.38. The molecular weight excluding hydrogens is 386 g/mol. The average Bonchev–Trinajstić information content (AvgIpc) is 2.88. The number of nitrogens with one attached hydrogen (secondary N) is 1. The molecule has 0 saturated heterocycles. The van der Waals surface area contributed by atoms with Gasteiger partial charge in [-0.1, -0.05) is 18.3 Å². The molecule has 17 heavy (non-hydrogen) atoms. The highest BCUT2D eigenvalue weighted by Crippen LogP contribution is 2.39. The number of halogens is 2. The first-order chi connectivity index (χ1) is 8.20. The lowest BCUT2D eigenvalue weighted by molar-refractivity contribution is 0.710. The molecule has 1 N–H and O–H groups in total. The van der Waals surface area contributed by atoms with Crippen LogP contribution in [0.5, 0.6) is 0 Å². The minimum atomic E-state index is 0.944. The number of rotatable bonds is 5. The lowest BCUT2D eigenvalue weighted by Gasteiger charge is -1.95. The fraction of sp³-hybridized carbons (Fsp3) is 0.400. The first-order valence-corrected chi connectivity index (χ1v) is 8.41. The van der Waals surface area contributed by atoms with E-state index in [4.69, 9.17) is 0 Å². The minimum absolute atomic E-state index is 0.944. The van der Waals surface area contributed by atoms with Crippen LogP contribution in [-0.4, -0.2) is 23.3 Å². The molecule has 0 aromatic carbocycles. The third-order valence-corrected chi connectivity index (χ3v) is 6.50. The van der Waals surface area contributed by atoms with Crippen LogP contribution in [-0.2, 0) is 6.42 Å². The number of nitrogens with zero attached hydrogens (tertiary/aromatic N) is 2. The van der Waals surface area contributed by atoms with Gasteiger partial charge >= 0.3 is 0 Å². The van der Waals surface area contributed by atoms with Gasteiger partial charge < -0.3 is 5.32 Å². The maximum absolute atomic E-state index is 4.23. The molecule has 7 heteroatoms. The zero-order chi connectivity index (χ0) is 12.3. The van der Waals surface area contributed by atoms with Gasteiger partial charge in [0.15, 0.2) is 5.01 Å². The lowest BCUT2D eigenvalue weighted by Crippen LogP contribution is -2.15. The third-order valence-electron chi connectivity index (χ3n) is 2.09. The Bertz CT molecular complexity index is 476. The van der Waals surface area contributed by atoms with Gasteiger partial charge in [0.1, 0.15) is 5.01 Å². The lowest BCUT2D eigenvalue weighted by atomic mass is 10.4. The molecule has 0 spiro atoms. The number of aromatic nitrogens is 2. The van der Waals surface area contributed by atoms with Gasteiger partial charge in [0, 0.05) is 17.4 Å². The first-order valence-electron chi connectivity index (χ1n) is 5.19. The maximum Gasteiger partial charge on any atom is 0.157 e. The van der Waals surface area contributed by atoms with Crippen molar-refractivity contribution < 1.29 is 0 Å². The van der Waals surface area contributed by atoms with Crippen LogP contribution in [0.3, 0.4) is 0 Å². The first kappa shape index (κ1) is 13.6. The molecule has 3 nitrogen and oxygen atoms in total. The Hall–Kier alpha value is 0.180. The summed E-state index contributed by atoms with van der Waals surface area (Å²) in [4.78, 5) is 1.15. The summed E-state index contributed by atoms with van der Waals surface area (Å²) >= 11 is 10.3. The van der Waals surface area contributed by atoms with E-state index in [0.29, 0.717) is 0 Å². The van der Waals surface area contributed by atoms with Crippen molar-refractivity contribution in [3.05, 3.63) is 19.3 Å². The van der Waals surface area contributed by atoms with E-state index in [0.717, 1.165) is 42.7 Å². The standard InChI is InChI=1S/C10H11Br2N3S2/c1-2-13-4-3-8-14-15-10(17-8)7-5-6(11)9(12)16-7/h5,13H,2-4H2,1H3. The molecule has 2 rings (SSSR count). The third kappa shape index (κ3) is 3.57. The summed E-state index contributed by atoms with van der Waals surface area (Å²) < 4.78 is 2.17. The van der Waals surface area contributed by atoms with Gasteiger partial charge in [-0.05, 0) is 44.5 Å². The van der Waals surface area contributed by atoms with Gasteiger partial charge in [-0.2, -0.15) is 0 Å². The molecular formula is C10H11Br2N3S2. The summed E-state index contributed by atoms with van der Waals surface area (Å²) in [6, 6.07) is 2.07. The van der Waals surface area contributed by atoms with Gasteiger partial charge in [0.05, 0.1) is 8.66 Å². The number of likely N-dealkylation sites (N-methyl/N-ethyl adjacent to an activating group) is 1. The molecule has 92 valence electrons. The van der Waals surface area contributed by atoms with Crippen molar-refractivity contribution >= 4 is 54.5 Å². The Kier molecular flexibility index (Phi) is 5.10. The highest BCUT2D eigenvalue weighted by Gasteiger charge is 2.11. The van der Waals surface area contributed by atoms with Crippen molar-refractivity contribution in [1.82, 2.24) is 15.5 Å². The summed E-state index contributed by atoms with van der Waals surface area (Å²) in [5.41, 5.74) is 0. The van der Waals surface area contributed by atoms with Gasteiger partial charge in [0.2, 0.25) is 0 Å². The molecule has 0 fully saturated rings. The molecule has 0 radical (unpaired) electrons. The van der Waals surface area contributed by atoms with Crippen molar-refractivity contribution in [3.8, 4) is 9.88 Å². The molecule has 2 heterocycles. The molecule has 0 unspecified atom stereocenters. The van der Waals surface area contributed by atoms with Crippen LogP contribution >= 0.6 is 54.5 Å². The van der Waals surface area contributed by atoms with Crippen molar-refractivity contribution in [1.29, 1.82) is 0 Å². The van der Waals surface area contributed by atoms with Gasteiger partial charge in [-0.25, -0.2) is 0 Å². The molecule has 0 aliphatic carbocycles. The van der Waals surface area contributed by atoms with E-state index in [1.807, 2.05) is 0 Å². The topological polar surface area (TPSA) is 37.8 Å². The average molecular weight is 397 g/mol. The Morgan fingerprint density at radius 2 is 2.12 bits per heavy atom. The highest BCUT2D eigenvalue weighted by molar-refractivity contribution is 9.13. The maximum atomic E-state index is 4.23. The number of thiophene rings is 1. The normalized spacial score (nSPS) is 11.0. The summed E-state index contributed by atoms with van der Waals surface area (Å²) in [6.07, 6.45) is 0.944. The predicted molar refractivity (Wildman–Crippen MR) is 80.9 cm³/mol. The van der Waals surface area contributed by atoms with Crippen LogP contribution < -0.4 is 5.32 Å². The van der Waals surface area contributed by atoms with E-state index in [1.165, 1.54) is 0 Å². The van der Waals surface area contributed by atoms with Crippen molar-refractivity contribution in [2.45, 2.75) is 13.3 Å². The molecule has 0 bridgehead atoms. The zero-order valence-corrected chi connectivity index (χ0v) is 14.0. The Balaban J connectivity index is 2.07. The summed E-state index contributed by atoms with van der Waals surface area (Å²) in [5, 5.41) is 13.8. The Labute approximate surface area is 125 Å². The number of hydrogen-bond acceptors (Lipinski definition) is 5. The predicted octanol–water partition coefficient (Wildman–Crippen LogP) is 3.94. The van der Waals surface area contributed by atoms with Crippen LogP contribution in [0.1, 0.15) is 11.9 Å². The van der Waals surface area contributed by atoms with E-state index >= 15 is 0 Å². The SMILES string of the molecule is CCNCCc1nnc(-c2cc(Br)c(Br)s2)s1. The summed E-state index contributed by atoms with van der Waals surface area (Å²) in [6.45, 7) is 4.06. The van der Waals surface area contributed by atoms with E-state index in [-0.39, 0.29) is 0 Å². The molecule has 0 saturated carbocycles. The second-order valence-electron chi connectivity index (χ2n) is 3.34. The molecule has 0 aliphatic rings. The molecule has 2 aromatic rings. The van der Waals surface area contributed by atoms with Gasteiger partial charge in [-0.3, -0.25) is 0 Å². The fourth-order valence-corrected chi connectivity index (χ4v) is 4.19. The number of hydrogen-bond donors (Lipinski definition) is 1. The van der Waals surface area contributed by atoms with Gasteiger partial charge in [0.25, 0.3) is 0 Å². The Morgan fingerprint density at radius 3 is 2.76 bits per heavy atom. The van der Waals surface area contributed by atoms with E-state index < -0.39 is 0 Å².